The summed E-state index contributed by atoms with van der Waals surface area (Å²) >= 11 is 0. The summed E-state index contributed by atoms with van der Waals surface area (Å²) in [5, 5.41) is 20.3. The number of nitriles is 1. The molecule has 0 aromatic rings. The lowest BCUT2D eigenvalue weighted by Crippen LogP contribution is -2.44. The number of nitrogens with zero attached hydrogens (tertiary/aromatic N) is 2. The number of amides is 2. The summed E-state index contributed by atoms with van der Waals surface area (Å²) in [6.45, 7) is 4.60. The van der Waals surface area contributed by atoms with Crippen LogP contribution in [0.3, 0.4) is 0 Å². The molecule has 1 saturated carbocycles. The molecule has 0 spiro atoms. The van der Waals surface area contributed by atoms with Crippen LogP contribution in [0.5, 0.6) is 0 Å². The number of carboxylic acids is 1. The normalized spacial score (nSPS) is 17.4. The first-order valence-corrected chi connectivity index (χ1v) is 6.11. The van der Waals surface area contributed by atoms with Crippen molar-refractivity contribution < 1.29 is 14.7 Å². The van der Waals surface area contributed by atoms with E-state index >= 15 is 0 Å². The van der Waals surface area contributed by atoms with E-state index in [-0.39, 0.29) is 18.5 Å². The molecule has 1 fully saturated rings. The molecule has 1 rings (SSSR count). The first-order valence-electron chi connectivity index (χ1n) is 6.11. The molecule has 0 saturated heterocycles. The second kappa shape index (κ2) is 5.71. The van der Waals surface area contributed by atoms with E-state index in [1.165, 1.54) is 4.90 Å². The van der Waals surface area contributed by atoms with Gasteiger partial charge in [-0.25, -0.2) is 4.79 Å². The minimum atomic E-state index is -0.851. The quantitative estimate of drug-likeness (QED) is 0.739. The minimum absolute atomic E-state index is 0.165. The third-order valence-corrected chi connectivity index (χ3v) is 3.27. The maximum atomic E-state index is 11.8. The predicted octanol–water partition coefficient (Wildman–Crippen LogP) is 1.04. The molecule has 1 atom stereocenters. The lowest BCUT2D eigenvalue weighted by Gasteiger charge is -2.23. The Bertz CT molecular complexity index is 371. The second-order valence-electron chi connectivity index (χ2n) is 4.81. The number of aliphatic carboxylic acids is 1. The number of carboxylic acid groups (broad SMARTS) is 1. The zero-order chi connectivity index (χ0) is 13.8. The van der Waals surface area contributed by atoms with Crippen LogP contribution < -0.4 is 5.32 Å². The number of nitrogens with one attached hydrogen (secondary N) is 1. The zero-order valence-corrected chi connectivity index (χ0v) is 10.8. The van der Waals surface area contributed by atoms with Crippen molar-refractivity contribution in [2.24, 2.45) is 11.3 Å². The molecule has 1 aliphatic rings. The fourth-order valence-corrected chi connectivity index (χ4v) is 1.70. The van der Waals surface area contributed by atoms with Crippen LogP contribution >= 0.6 is 0 Å². The van der Waals surface area contributed by atoms with Gasteiger partial charge in [0.1, 0.15) is 0 Å². The largest absolute Gasteiger partial charge is 0.481 e. The molecule has 0 heterocycles. The van der Waals surface area contributed by atoms with Gasteiger partial charge in [-0.3, -0.25) is 4.79 Å². The van der Waals surface area contributed by atoms with E-state index in [0.717, 1.165) is 0 Å². The van der Waals surface area contributed by atoms with Crippen LogP contribution in [0.2, 0.25) is 0 Å². The highest BCUT2D eigenvalue weighted by atomic mass is 16.4. The SMILES string of the molecule is CCN(CC(C)C#N)C(=O)NCC1(C(=O)O)CC1. The van der Waals surface area contributed by atoms with Crippen molar-refractivity contribution in [3.8, 4) is 6.07 Å². The van der Waals surface area contributed by atoms with Gasteiger partial charge >= 0.3 is 12.0 Å². The fraction of sp³-hybridized carbons (Fsp3) is 0.750. The van der Waals surface area contributed by atoms with Crippen molar-refractivity contribution in [1.82, 2.24) is 10.2 Å². The monoisotopic (exact) mass is 253 g/mol. The number of rotatable bonds is 6. The van der Waals surface area contributed by atoms with Gasteiger partial charge in [-0.2, -0.15) is 5.26 Å². The molecular formula is C12H19N3O3. The first kappa shape index (κ1) is 14.3. The van der Waals surface area contributed by atoms with Crippen LogP contribution in [0.4, 0.5) is 4.79 Å². The molecule has 0 bridgehead atoms. The van der Waals surface area contributed by atoms with Crippen molar-refractivity contribution >= 4 is 12.0 Å². The van der Waals surface area contributed by atoms with E-state index in [2.05, 4.69) is 11.4 Å². The third-order valence-electron chi connectivity index (χ3n) is 3.27. The Hall–Kier alpha value is -1.77. The maximum Gasteiger partial charge on any atom is 0.317 e. The van der Waals surface area contributed by atoms with Crippen molar-refractivity contribution in [3.05, 3.63) is 0 Å². The first-order chi connectivity index (χ1) is 8.45. The van der Waals surface area contributed by atoms with Gasteiger partial charge in [-0.1, -0.05) is 0 Å². The average Bonchev–Trinajstić information content (AvgIpc) is 3.13. The Morgan fingerprint density at radius 1 is 1.56 bits per heavy atom. The molecule has 100 valence electrons. The lowest BCUT2D eigenvalue weighted by molar-refractivity contribution is -0.143. The molecule has 1 unspecified atom stereocenters. The Morgan fingerprint density at radius 3 is 2.56 bits per heavy atom. The van der Waals surface area contributed by atoms with Crippen molar-refractivity contribution in [1.29, 1.82) is 5.26 Å². The standard InChI is InChI=1S/C12H19N3O3/c1-3-15(7-9(2)6-13)11(18)14-8-12(4-5-12)10(16)17/h9H,3-5,7-8H2,1-2H3,(H,14,18)(H,16,17). The molecule has 0 aromatic carbocycles. The maximum absolute atomic E-state index is 11.8. The number of hydrogen-bond donors (Lipinski definition) is 2. The van der Waals surface area contributed by atoms with Crippen molar-refractivity contribution in [2.75, 3.05) is 19.6 Å². The number of hydrogen-bond acceptors (Lipinski definition) is 3. The molecule has 1 aliphatic carbocycles. The van der Waals surface area contributed by atoms with E-state index in [1.807, 2.05) is 6.92 Å². The Balaban J connectivity index is 2.44. The molecule has 2 amide bonds. The summed E-state index contributed by atoms with van der Waals surface area (Å²) in [5.41, 5.74) is -0.754. The Morgan fingerprint density at radius 2 is 2.17 bits per heavy atom. The highest BCUT2D eigenvalue weighted by Gasteiger charge is 2.50. The van der Waals surface area contributed by atoms with Crippen LogP contribution in [0.15, 0.2) is 0 Å². The molecule has 0 aliphatic heterocycles. The van der Waals surface area contributed by atoms with E-state index in [9.17, 15) is 9.59 Å². The van der Waals surface area contributed by atoms with Gasteiger partial charge in [0.05, 0.1) is 17.4 Å². The van der Waals surface area contributed by atoms with E-state index < -0.39 is 11.4 Å². The molecule has 0 aromatic heterocycles. The van der Waals surface area contributed by atoms with Gasteiger partial charge in [-0.15, -0.1) is 0 Å². The average molecular weight is 253 g/mol. The third kappa shape index (κ3) is 3.36. The van der Waals surface area contributed by atoms with Gasteiger partial charge in [0.2, 0.25) is 0 Å². The fourth-order valence-electron chi connectivity index (χ4n) is 1.70. The molecule has 0 radical (unpaired) electrons. The highest BCUT2D eigenvalue weighted by molar-refractivity contribution is 5.80. The van der Waals surface area contributed by atoms with Crippen LogP contribution in [0.1, 0.15) is 26.7 Å². The molecule has 18 heavy (non-hydrogen) atoms. The smallest absolute Gasteiger partial charge is 0.317 e. The van der Waals surface area contributed by atoms with Gasteiger partial charge < -0.3 is 15.3 Å². The highest BCUT2D eigenvalue weighted by Crippen LogP contribution is 2.45. The van der Waals surface area contributed by atoms with Crippen LogP contribution in [-0.4, -0.2) is 41.6 Å². The second-order valence-corrected chi connectivity index (χ2v) is 4.81. The van der Waals surface area contributed by atoms with Gasteiger partial charge in [-0.05, 0) is 26.7 Å². The minimum Gasteiger partial charge on any atom is -0.481 e. The van der Waals surface area contributed by atoms with Crippen LogP contribution in [0, 0.1) is 22.7 Å². The van der Waals surface area contributed by atoms with Crippen molar-refractivity contribution in [2.45, 2.75) is 26.7 Å². The summed E-state index contributed by atoms with van der Waals surface area (Å²) in [4.78, 5) is 24.3. The predicted molar refractivity (Wildman–Crippen MR) is 64.7 cm³/mol. The Kier molecular flexibility index (Phi) is 4.54. The summed E-state index contributed by atoms with van der Waals surface area (Å²) < 4.78 is 0. The summed E-state index contributed by atoms with van der Waals surface area (Å²) in [6.07, 6.45) is 1.23. The van der Waals surface area contributed by atoms with Gasteiger partial charge in [0.25, 0.3) is 0 Å². The molecular weight excluding hydrogens is 234 g/mol. The van der Waals surface area contributed by atoms with Crippen LogP contribution in [0.25, 0.3) is 0 Å². The topological polar surface area (TPSA) is 93.4 Å². The number of carbonyl (C=O) groups excluding carboxylic acids is 1. The molecule has 6 nitrogen and oxygen atoms in total. The number of carbonyl (C=O) groups is 2. The van der Waals surface area contributed by atoms with Gasteiger partial charge in [0, 0.05) is 19.6 Å². The summed E-state index contributed by atoms with van der Waals surface area (Å²) in [6, 6.07) is 1.77. The Labute approximate surface area is 107 Å². The zero-order valence-electron chi connectivity index (χ0n) is 10.8. The lowest BCUT2D eigenvalue weighted by atomic mass is 10.1. The summed E-state index contributed by atoms with van der Waals surface area (Å²) in [7, 11) is 0. The van der Waals surface area contributed by atoms with E-state index in [4.69, 9.17) is 10.4 Å². The van der Waals surface area contributed by atoms with E-state index in [0.29, 0.717) is 25.9 Å². The van der Waals surface area contributed by atoms with E-state index in [1.54, 1.807) is 6.92 Å². The van der Waals surface area contributed by atoms with Gasteiger partial charge in [0.15, 0.2) is 0 Å². The summed E-state index contributed by atoms with van der Waals surface area (Å²) in [5.74, 6) is -1.08. The van der Waals surface area contributed by atoms with Crippen LogP contribution in [-0.2, 0) is 4.79 Å². The molecule has 2 N–H and O–H groups in total. The van der Waals surface area contributed by atoms with Crippen molar-refractivity contribution in [3.63, 3.8) is 0 Å². The number of urea groups is 1. The molecule has 6 heteroatoms.